The van der Waals surface area contributed by atoms with Gasteiger partial charge in [0.1, 0.15) is 5.15 Å². The van der Waals surface area contributed by atoms with E-state index >= 15 is 0 Å². The molecule has 1 aliphatic carbocycles. The van der Waals surface area contributed by atoms with Crippen molar-refractivity contribution in [3.05, 3.63) is 16.4 Å². The zero-order valence-electron chi connectivity index (χ0n) is 9.41. The topological polar surface area (TPSA) is 27.1 Å². The summed E-state index contributed by atoms with van der Waals surface area (Å²) >= 11 is 6.40. The highest BCUT2D eigenvalue weighted by Gasteiger charge is 2.24. The van der Waals surface area contributed by atoms with Gasteiger partial charge >= 0.3 is 0 Å². The fourth-order valence-corrected chi connectivity index (χ4v) is 3.09. The van der Waals surface area contributed by atoms with Crippen LogP contribution in [0.1, 0.15) is 49.4 Å². The molecule has 3 nitrogen and oxygen atoms in total. The summed E-state index contributed by atoms with van der Waals surface area (Å²) in [6.45, 7) is 1.42. The zero-order chi connectivity index (χ0) is 11.0. The molecule has 88 valence electrons. The van der Waals surface area contributed by atoms with Crippen LogP contribution < -0.4 is 0 Å². The van der Waals surface area contributed by atoms with Crippen molar-refractivity contribution in [1.29, 1.82) is 0 Å². The van der Waals surface area contributed by atoms with Gasteiger partial charge in [0.25, 0.3) is 0 Å². The van der Waals surface area contributed by atoms with Gasteiger partial charge in [-0.05, 0) is 12.8 Å². The smallest absolute Gasteiger partial charge is 0.133 e. The Labute approximate surface area is 101 Å². The largest absolute Gasteiger partial charge is 0.376 e. The lowest BCUT2D eigenvalue weighted by Crippen LogP contribution is -2.14. The zero-order valence-corrected chi connectivity index (χ0v) is 10.2. The van der Waals surface area contributed by atoms with Crippen molar-refractivity contribution in [2.45, 2.75) is 51.2 Å². The van der Waals surface area contributed by atoms with Gasteiger partial charge < -0.3 is 4.74 Å². The Kier molecular flexibility index (Phi) is 2.90. The normalized spacial score (nSPS) is 22.1. The quantitative estimate of drug-likeness (QED) is 0.754. The molecule has 16 heavy (non-hydrogen) atoms. The predicted octanol–water partition coefficient (Wildman–Crippen LogP) is 3.11. The fourth-order valence-electron chi connectivity index (χ4n) is 2.75. The van der Waals surface area contributed by atoms with Gasteiger partial charge in [-0.1, -0.05) is 30.9 Å². The van der Waals surface area contributed by atoms with Gasteiger partial charge in [0, 0.05) is 12.0 Å². The van der Waals surface area contributed by atoms with Gasteiger partial charge in [0.05, 0.1) is 24.9 Å². The van der Waals surface area contributed by atoms with E-state index in [1.807, 2.05) is 0 Å². The lowest BCUT2D eigenvalue weighted by atomic mass is 9.96. The second-order valence-electron chi connectivity index (χ2n) is 4.76. The van der Waals surface area contributed by atoms with Crippen LogP contribution in [0.4, 0.5) is 0 Å². The lowest BCUT2D eigenvalue weighted by Gasteiger charge is -2.22. The van der Waals surface area contributed by atoms with Gasteiger partial charge in [-0.3, -0.25) is 4.68 Å². The summed E-state index contributed by atoms with van der Waals surface area (Å²) in [5, 5.41) is 5.50. The SMILES string of the molecule is Clc1c2c(nn1C1CCCCC1)CCOC2. The molecule has 0 spiro atoms. The Morgan fingerprint density at radius 3 is 2.81 bits per heavy atom. The summed E-state index contributed by atoms with van der Waals surface area (Å²) in [5.74, 6) is 0. The van der Waals surface area contributed by atoms with E-state index in [4.69, 9.17) is 16.3 Å². The molecule has 0 aromatic carbocycles. The number of aromatic nitrogens is 2. The maximum atomic E-state index is 6.40. The van der Waals surface area contributed by atoms with Crippen molar-refractivity contribution in [1.82, 2.24) is 9.78 Å². The summed E-state index contributed by atoms with van der Waals surface area (Å²) < 4.78 is 7.50. The minimum Gasteiger partial charge on any atom is -0.376 e. The van der Waals surface area contributed by atoms with E-state index in [1.165, 1.54) is 32.1 Å². The average molecular weight is 241 g/mol. The van der Waals surface area contributed by atoms with E-state index in [1.54, 1.807) is 0 Å². The molecule has 0 bridgehead atoms. The molecule has 0 saturated heterocycles. The number of fused-ring (bicyclic) bond motifs is 1. The lowest BCUT2D eigenvalue weighted by molar-refractivity contribution is 0.110. The first-order valence-electron chi connectivity index (χ1n) is 6.20. The van der Waals surface area contributed by atoms with Crippen LogP contribution in [-0.2, 0) is 17.8 Å². The molecule has 0 unspecified atom stereocenters. The highest BCUT2D eigenvalue weighted by atomic mass is 35.5. The van der Waals surface area contributed by atoms with Crippen LogP contribution in [-0.4, -0.2) is 16.4 Å². The third-order valence-electron chi connectivity index (χ3n) is 3.68. The van der Waals surface area contributed by atoms with Gasteiger partial charge in [-0.2, -0.15) is 5.10 Å². The molecule has 2 heterocycles. The number of hydrogen-bond acceptors (Lipinski definition) is 2. The first-order valence-corrected chi connectivity index (χ1v) is 6.57. The number of nitrogens with zero attached hydrogens (tertiary/aromatic N) is 2. The highest BCUT2D eigenvalue weighted by Crippen LogP contribution is 2.33. The van der Waals surface area contributed by atoms with Crippen molar-refractivity contribution in [3.63, 3.8) is 0 Å². The first kappa shape index (κ1) is 10.6. The fraction of sp³-hybridized carbons (Fsp3) is 0.750. The maximum Gasteiger partial charge on any atom is 0.133 e. The second kappa shape index (κ2) is 4.38. The molecule has 0 radical (unpaired) electrons. The third kappa shape index (κ3) is 1.76. The molecular formula is C12H17ClN2O. The Morgan fingerprint density at radius 2 is 2.06 bits per heavy atom. The predicted molar refractivity (Wildman–Crippen MR) is 62.7 cm³/mol. The van der Waals surface area contributed by atoms with Gasteiger partial charge in [-0.15, -0.1) is 0 Å². The van der Waals surface area contributed by atoms with E-state index in [0.29, 0.717) is 12.6 Å². The summed E-state index contributed by atoms with van der Waals surface area (Å²) in [6, 6.07) is 0.520. The number of hydrogen-bond donors (Lipinski definition) is 0. The summed E-state index contributed by atoms with van der Waals surface area (Å²) in [6.07, 6.45) is 7.33. The molecule has 1 saturated carbocycles. The van der Waals surface area contributed by atoms with Crippen LogP contribution in [0.3, 0.4) is 0 Å². The Bertz CT molecular complexity index is 383. The summed E-state index contributed by atoms with van der Waals surface area (Å²) in [7, 11) is 0. The Hall–Kier alpha value is -0.540. The first-order chi connectivity index (χ1) is 7.86. The van der Waals surface area contributed by atoms with E-state index in [-0.39, 0.29) is 0 Å². The molecule has 1 fully saturated rings. The monoisotopic (exact) mass is 240 g/mol. The van der Waals surface area contributed by atoms with Crippen LogP contribution in [0, 0.1) is 0 Å². The van der Waals surface area contributed by atoms with E-state index in [2.05, 4.69) is 9.78 Å². The van der Waals surface area contributed by atoms with Crippen molar-refractivity contribution in [2.75, 3.05) is 6.61 Å². The molecule has 3 rings (SSSR count). The van der Waals surface area contributed by atoms with Gasteiger partial charge in [0.15, 0.2) is 0 Å². The van der Waals surface area contributed by atoms with Crippen molar-refractivity contribution in [2.24, 2.45) is 0 Å². The van der Waals surface area contributed by atoms with Crippen LogP contribution in [0.25, 0.3) is 0 Å². The van der Waals surface area contributed by atoms with Crippen molar-refractivity contribution < 1.29 is 4.74 Å². The minimum absolute atomic E-state index is 0.520. The molecule has 0 N–H and O–H groups in total. The highest BCUT2D eigenvalue weighted by molar-refractivity contribution is 6.30. The van der Waals surface area contributed by atoms with Gasteiger partial charge in [-0.25, -0.2) is 0 Å². The molecule has 4 heteroatoms. The number of ether oxygens (including phenoxy) is 1. The van der Waals surface area contributed by atoms with E-state index in [0.717, 1.165) is 29.4 Å². The third-order valence-corrected chi connectivity index (χ3v) is 4.08. The molecule has 1 aromatic heterocycles. The second-order valence-corrected chi connectivity index (χ2v) is 5.11. The molecule has 0 amide bonds. The van der Waals surface area contributed by atoms with Crippen LogP contribution in [0.2, 0.25) is 5.15 Å². The average Bonchev–Trinajstić information content (AvgIpc) is 2.69. The molecular weight excluding hydrogens is 224 g/mol. The Balaban J connectivity index is 1.91. The summed E-state index contributed by atoms with van der Waals surface area (Å²) in [4.78, 5) is 0. The number of halogens is 1. The maximum absolute atomic E-state index is 6.40. The van der Waals surface area contributed by atoms with Crippen LogP contribution in [0.5, 0.6) is 0 Å². The van der Waals surface area contributed by atoms with Gasteiger partial charge in [0.2, 0.25) is 0 Å². The minimum atomic E-state index is 0.520. The summed E-state index contributed by atoms with van der Waals surface area (Å²) in [5.41, 5.74) is 2.28. The van der Waals surface area contributed by atoms with E-state index < -0.39 is 0 Å². The molecule has 2 aliphatic rings. The molecule has 1 aromatic rings. The van der Waals surface area contributed by atoms with Crippen LogP contribution in [0.15, 0.2) is 0 Å². The number of rotatable bonds is 1. The van der Waals surface area contributed by atoms with Crippen molar-refractivity contribution >= 4 is 11.6 Å². The standard InChI is InChI=1S/C12H17ClN2O/c13-12-10-8-16-7-6-11(10)14-15(12)9-4-2-1-3-5-9/h9H,1-8H2. The molecule has 1 aliphatic heterocycles. The Morgan fingerprint density at radius 1 is 1.25 bits per heavy atom. The van der Waals surface area contributed by atoms with Crippen LogP contribution >= 0.6 is 11.6 Å². The van der Waals surface area contributed by atoms with E-state index in [9.17, 15) is 0 Å². The van der Waals surface area contributed by atoms with Crippen molar-refractivity contribution in [3.8, 4) is 0 Å². The molecule has 0 atom stereocenters.